The molecule has 0 saturated heterocycles. The maximum absolute atomic E-state index is 13.3. The number of hydrogen-bond donors (Lipinski definition) is 2. The number of hydrogen-bond acceptors (Lipinski definition) is 4. The lowest BCUT2D eigenvalue weighted by Crippen LogP contribution is -2.24. The number of para-hydroxylation sites is 3. The van der Waals surface area contributed by atoms with Crippen LogP contribution in [0.15, 0.2) is 79.1 Å². The summed E-state index contributed by atoms with van der Waals surface area (Å²) >= 11 is 0. The second-order valence-corrected chi connectivity index (χ2v) is 8.86. The van der Waals surface area contributed by atoms with Gasteiger partial charge >= 0.3 is 0 Å². The normalized spacial score (nSPS) is 18.4. The molecule has 3 aromatic heterocycles. The summed E-state index contributed by atoms with van der Waals surface area (Å²) < 4.78 is 4.11. The van der Waals surface area contributed by atoms with Gasteiger partial charge in [0.15, 0.2) is 0 Å². The van der Waals surface area contributed by atoms with Crippen LogP contribution in [0.4, 0.5) is 5.95 Å². The SMILES string of the molecule is O=C(Nc1nc2ccccc2n1C1CCC(O)CC1)c1ccnc(-n2ccc3ccccc32)c1. The first-order valence-corrected chi connectivity index (χ1v) is 11.7. The van der Waals surface area contributed by atoms with E-state index in [2.05, 4.69) is 20.9 Å². The van der Waals surface area contributed by atoms with Crippen molar-refractivity contribution < 1.29 is 9.90 Å². The van der Waals surface area contributed by atoms with E-state index >= 15 is 0 Å². The predicted octanol–water partition coefficient (Wildman–Crippen LogP) is 5.10. The molecular weight excluding hydrogens is 426 g/mol. The van der Waals surface area contributed by atoms with Gasteiger partial charge in [0.25, 0.3) is 5.91 Å². The number of nitrogens with zero attached hydrogens (tertiary/aromatic N) is 4. The zero-order valence-electron chi connectivity index (χ0n) is 18.6. The van der Waals surface area contributed by atoms with Crippen molar-refractivity contribution in [1.82, 2.24) is 19.1 Å². The van der Waals surface area contributed by atoms with Gasteiger partial charge in [0.1, 0.15) is 5.82 Å². The van der Waals surface area contributed by atoms with Crippen LogP contribution in [0.2, 0.25) is 0 Å². The maximum atomic E-state index is 13.3. The molecule has 170 valence electrons. The molecular formula is C27H25N5O2. The number of carbonyl (C=O) groups excluding carboxylic acids is 1. The number of aromatic nitrogens is 4. The molecule has 1 saturated carbocycles. The fraction of sp³-hybridized carbons (Fsp3) is 0.222. The Kier molecular flexibility index (Phi) is 5.11. The Morgan fingerprint density at radius 3 is 2.56 bits per heavy atom. The summed E-state index contributed by atoms with van der Waals surface area (Å²) in [6.07, 6.45) is 6.58. The summed E-state index contributed by atoms with van der Waals surface area (Å²) in [6, 6.07) is 21.7. The first kappa shape index (κ1) is 20.6. The van der Waals surface area contributed by atoms with Crippen LogP contribution < -0.4 is 5.32 Å². The van der Waals surface area contributed by atoms with Crippen LogP contribution in [0.25, 0.3) is 27.8 Å². The summed E-state index contributed by atoms with van der Waals surface area (Å²) in [5.41, 5.74) is 3.39. The van der Waals surface area contributed by atoms with Gasteiger partial charge < -0.3 is 14.2 Å². The lowest BCUT2D eigenvalue weighted by Gasteiger charge is -2.28. The summed E-state index contributed by atoms with van der Waals surface area (Å²) in [6.45, 7) is 0. The Balaban J connectivity index is 1.34. The van der Waals surface area contributed by atoms with Crippen LogP contribution in [0, 0.1) is 0 Å². The smallest absolute Gasteiger partial charge is 0.258 e. The molecule has 3 heterocycles. The number of nitrogens with one attached hydrogen (secondary N) is 1. The van der Waals surface area contributed by atoms with Crippen molar-refractivity contribution in [3.63, 3.8) is 0 Å². The number of pyridine rings is 1. The van der Waals surface area contributed by atoms with Gasteiger partial charge in [0.2, 0.25) is 5.95 Å². The number of fused-ring (bicyclic) bond motifs is 2. The number of amides is 1. The van der Waals surface area contributed by atoms with E-state index in [-0.39, 0.29) is 18.1 Å². The van der Waals surface area contributed by atoms with Gasteiger partial charge in [-0.15, -0.1) is 0 Å². The molecule has 34 heavy (non-hydrogen) atoms. The molecule has 7 heteroatoms. The third-order valence-electron chi connectivity index (χ3n) is 6.71. The number of aliphatic hydroxyl groups excluding tert-OH is 1. The van der Waals surface area contributed by atoms with Gasteiger partial charge in [0, 0.05) is 24.0 Å². The van der Waals surface area contributed by atoms with Gasteiger partial charge in [-0.2, -0.15) is 0 Å². The fourth-order valence-electron chi connectivity index (χ4n) is 4.97. The number of imidazole rings is 1. The first-order chi connectivity index (χ1) is 16.7. The molecule has 1 amide bonds. The van der Waals surface area contributed by atoms with Gasteiger partial charge in [-0.3, -0.25) is 10.1 Å². The predicted molar refractivity (Wildman–Crippen MR) is 132 cm³/mol. The third kappa shape index (κ3) is 3.64. The molecule has 0 spiro atoms. The molecule has 0 bridgehead atoms. The van der Waals surface area contributed by atoms with E-state index in [4.69, 9.17) is 4.98 Å². The van der Waals surface area contributed by atoms with Crippen LogP contribution in [-0.2, 0) is 0 Å². The Labute approximate surface area is 196 Å². The van der Waals surface area contributed by atoms with E-state index in [1.165, 1.54) is 0 Å². The van der Waals surface area contributed by atoms with Crippen LogP contribution in [-0.4, -0.2) is 36.2 Å². The van der Waals surface area contributed by atoms with Crippen molar-refractivity contribution >= 4 is 33.8 Å². The lowest BCUT2D eigenvalue weighted by atomic mass is 9.93. The Bertz CT molecular complexity index is 1490. The molecule has 7 nitrogen and oxygen atoms in total. The monoisotopic (exact) mass is 451 g/mol. The molecule has 0 aliphatic heterocycles. The molecule has 2 aromatic carbocycles. The van der Waals surface area contributed by atoms with Crippen molar-refractivity contribution in [1.29, 1.82) is 0 Å². The van der Waals surface area contributed by atoms with Crippen LogP contribution in [0.3, 0.4) is 0 Å². The highest BCUT2D eigenvalue weighted by Crippen LogP contribution is 2.34. The van der Waals surface area contributed by atoms with Crippen molar-refractivity contribution in [2.75, 3.05) is 5.32 Å². The molecule has 0 atom stereocenters. The average molecular weight is 452 g/mol. The van der Waals surface area contributed by atoms with Gasteiger partial charge in [-0.25, -0.2) is 9.97 Å². The molecule has 6 rings (SSSR count). The standard InChI is InChI=1S/C27H25N5O2/c33-21-11-9-20(10-12-21)32-24-8-4-2-6-22(24)29-27(32)30-26(34)19-13-15-28-25(17-19)31-16-14-18-5-1-3-7-23(18)31/h1-8,13-17,20-21,33H,9-12H2,(H,29,30,34). The van der Waals surface area contributed by atoms with Gasteiger partial charge in [0.05, 0.1) is 22.7 Å². The molecule has 2 N–H and O–H groups in total. The minimum absolute atomic E-state index is 0.185. The van der Waals surface area contributed by atoms with Crippen molar-refractivity contribution in [3.05, 3.63) is 84.7 Å². The zero-order valence-corrected chi connectivity index (χ0v) is 18.6. The maximum Gasteiger partial charge on any atom is 0.258 e. The van der Waals surface area contributed by atoms with Crippen LogP contribution in [0.1, 0.15) is 42.1 Å². The van der Waals surface area contributed by atoms with E-state index in [1.54, 1.807) is 18.3 Å². The van der Waals surface area contributed by atoms with E-state index in [0.717, 1.165) is 47.6 Å². The van der Waals surface area contributed by atoms with Gasteiger partial charge in [-0.05, 0) is 67.5 Å². The second kappa shape index (κ2) is 8.43. The number of anilines is 1. The average Bonchev–Trinajstić information content (AvgIpc) is 3.46. The highest BCUT2D eigenvalue weighted by molar-refractivity contribution is 6.04. The fourth-order valence-corrected chi connectivity index (χ4v) is 4.97. The molecule has 0 unspecified atom stereocenters. The summed E-state index contributed by atoms with van der Waals surface area (Å²) in [5, 5.41) is 14.1. The first-order valence-electron chi connectivity index (χ1n) is 11.7. The topological polar surface area (TPSA) is 85.0 Å². The second-order valence-electron chi connectivity index (χ2n) is 8.86. The molecule has 1 aliphatic carbocycles. The summed E-state index contributed by atoms with van der Waals surface area (Å²) in [7, 11) is 0. The van der Waals surface area contributed by atoms with E-state index in [1.807, 2.05) is 59.3 Å². The number of carbonyl (C=O) groups is 1. The van der Waals surface area contributed by atoms with E-state index in [0.29, 0.717) is 17.3 Å². The number of aliphatic hydroxyl groups is 1. The quantitative estimate of drug-likeness (QED) is 0.398. The van der Waals surface area contributed by atoms with Gasteiger partial charge in [-0.1, -0.05) is 30.3 Å². The van der Waals surface area contributed by atoms with Crippen molar-refractivity contribution in [3.8, 4) is 5.82 Å². The van der Waals surface area contributed by atoms with E-state index < -0.39 is 0 Å². The Morgan fingerprint density at radius 2 is 1.71 bits per heavy atom. The Morgan fingerprint density at radius 1 is 0.941 bits per heavy atom. The third-order valence-corrected chi connectivity index (χ3v) is 6.71. The largest absolute Gasteiger partial charge is 0.393 e. The molecule has 0 radical (unpaired) electrons. The van der Waals surface area contributed by atoms with Crippen LogP contribution in [0.5, 0.6) is 0 Å². The molecule has 1 fully saturated rings. The summed E-state index contributed by atoms with van der Waals surface area (Å²) in [5.74, 6) is 0.994. The number of rotatable bonds is 4. The van der Waals surface area contributed by atoms with E-state index in [9.17, 15) is 9.90 Å². The Hall–Kier alpha value is -3.97. The summed E-state index contributed by atoms with van der Waals surface area (Å²) in [4.78, 5) is 22.5. The molecule has 5 aromatic rings. The zero-order chi connectivity index (χ0) is 23.1. The highest BCUT2D eigenvalue weighted by atomic mass is 16.3. The highest BCUT2D eigenvalue weighted by Gasteiger charge is 2.25. The van der Waals surface area contributed by atoms with Crippen molar-refractivity contribution in [2.24, 2.45) is 0 Å². The van der Waals surface area contributed by atoms with Crippen molar-refractivity contribution in [2.45, 2.75) is 37.8 Å². The lowest BCUT2D eigenvalue weighted by molar-refractivity contribution is 0.102. The molecule has 1 aliphatic rings. The number of benzene rings is 2. The van der Waals surface area contributed by atoms with Crippen LogP contribution >= 0.6 is 0 Å². The minimum atomic E-state index is -0.246. The minimum Gasteiger partial charge on any atom is -0.393 e.